The van der Waals surface area contributed by atoms with Crippen LogP contribution in [0.5, 0.6) is 11.6 Å². The SMILES string of the molecule is COc1ccc(CC(=O)N2CCC(Oc3cccnn3)C2)cc1. The monoisotopic (exact) mass is 313 g/mol. The van der Waals surface area contributed by atoms with E-state index in [1.165, 1.54) is 0 Å². The van der Waals surface area contributed by atoms with Crippen molar-refractivity contribution >= 4 is 5.91 Å². The lowest BCUT2D eigenvalue weighted by Crippen LogP contribution is -2.32. The summed E-state index contributed by atoms with van der Waals surface area (Å²) in [5, 5.41) is 7.69. The molecule has 0 bridgehead atoms. The van der Waals surface area contributed by atoms with Gasteiger partial charge in [-0.3, -0.25) is 4.79 Å². The van der Waals surface area contributed by atoms with Crippen LogP contribution >= 0.6 is 0 Å². The van der Waals surface area contributed by atoms with Crippen LogP contribution in [0.3, 0.4) is 0 Å². The number of ether oxygens (including phenoxy) is 2. The summed E-state index contributed by atoms with van der Waals surface area (Å²) in [6.07, 6.45) is 2.78. The molecule has 1 aromatic heterocycles. The number of hydrogen-bond acceptors (Lipinski definition) is 5. The molecule has 23 heavy (non-hydrogen) atoms. The smallest absolute Gasteiger partial charge is 0.233 e. The third-order valence-corrected chi connectivity index (χ3v) is 3.85. The quantitative estimate of drug-likeness (QED) is 0.841. The lowest BCUT2D eigenvalue weighted by Gasteiger charge is -2.17. The lowest BCUT2D eigenvalue weighted by molar-refractivity contribution is -0.129. The largest absolute Gasteiger partial charge is 0.497 e. The van der Waals surface area contributed by atoms with Crippen molar-refractivity contribution in [3.05, 3.63) is 48.2 Å². The zero-order valence-electron chi connectivity index (χ0n) is 13.0. The van der Waals surface area contributed by atoms with Crippen LogP contribution in [-0.2, 0) is 11.2 Å². The Morgan fingerprint density at radius 2 is 2.13 bits per heavy atom. The number of likely N-dealkylation sites (tertiary alicyclic amines) is 1. The second-order valence-electron chi connectivity index (χ2n) is 5.46. The van der Waals surface area contributed by atoms with Gasteiger partial charge in [-0.2, -0.15) is 5.10 Å². The molecule has 1 fully saturated rings. The summed E-state index contributed by atoms with van der Waals surface area (Å²) in [6.45, 7) is 1.30. The van der Waals surface area contributed by atoms with Crippen LogP contribution in [0.1, 0.15) is 12.0 Å². The third kappa shape index (κ3) is 3.97. The molecule has 1 unspecified atom stereocenters. The predicted molar refractivity (Wildman–Crippen MR) is 84.3 cm³/mol. The van der Waals surface area contributed by atoms with Crippen molar-refractivity contribution in [3.8, 4) is 11.6 Å². The summed E-state index contributed by atoms with van der Waals surface area (Å²) in [5.74, 6) is 1.40. The number of benzene rings is 1. The maximum Gasteiger partial charge on any atom is 0.233 e. The second-order valence-corrected chi connectivity index (χ2v) is 5.46. The number of rotatable bonds is 5. The number of carbonyl (C=O) groups is 1. The van der Waals surface area contributed by atoms with Crippen LogP contribution in [0.2, 0.25) is 0 Å². The fraction of sp³-hybridized carbons (Fsp3) is 0.353. The highest BCUT2D eigenvalue weighted by Gasteiger charge is 2.27. The van der Waals surface area contributed by atoms with Crippen LogP contribution < -0.4 is 9.47 Å². The highest BCUT2D eigenvalue weighted by atomic mass is 16.5. The summed E-state index contributed by atoms with van der Waals surface area (Å²) >= 11 is 0. The van der Waals surface area contributed by atoms with E-state index in [0.29, 0.717) is 25.4 Å². The Bertz CT molecular complexity index is 646. The van der Waals surface area contributed by atoms with E-state index < -0.39 is 0 Å². The molecule has 6 nitrogen and oxygen atoms in total. The van der Waals surface area contributed by atoms with Crippen molar-refractivity contribution < 1.29 is 14.3 Å². The standard InChI is InChI=1S/C17H19N3O3/c1-22-14-6-4-13(5-7-14)11-17(21)20-10-8-15(12-20)23-16-3-2-9-18-19-16/h2-7,9,15H,8,10-12H2,1H3. The van der Waals surface area contributed by atoms with Gasteiger partial charge in [0.1, 0.15) is 11.9 Å². The third-order valence-electron chi connectivity index (χ3n) is 3.85. The number of methoxy groups -OCH3 is 1. The van der Waals surface area contributed by atoms with E-state index in [1.54, 1.807) is 25.4 Å². The first kappa shape index (κ1) is 15.3. The Kier molecular flexibility index (Phi) is 4.71. The fourth-order valence-electron chi connectivity index (χ4n) is 2.60. The normalized spacial score (nSPS) is 17.1. The van der Waals surface area contributed by atoms with Crippen LogP contribution in [0.25, 0.3) is 0 Å². The van der Waals surface area contributed by atoms with Gasteiger partial charge in [0.15, 0.2) is 0 Å². The molecule has 0 N–H and O–H groups in total. The minimum absolute atomic E-state index is 0.0217. The number of nitrogens with zero attached hydrogens (tertiary/aromatic N) is 3. The summed E-state index contributed by atoms with van der Waals surface area (Å²) in [6, 6.07) is 11.1. The highest BCUT2D eigenvalue weighted by molar-refractivity contribution is 5.79. The zero-order chi connectivity index (χ0) is 16.1. The molecule has 0 radical (unpaired) electrons. The zero-order valence-corrected chi connectivity index (χ0v) is 13.0. The van der Waals surface area contributed by atoms with E-state index >= 15 is 0 Å². The van der Waals surface area contributed by atoms with Crippen molar-refractivity contribution in [2.24, 2.45) is 0 Å². The number of aromatic nitrogens is 2. The van der Waals surface area contributed by atoms with Gasteiger partial charge in [-0.1, -0.05) is 12.1 Å². The van der Waals surface area contributed by atoms with Gasteiger partial charge in [0, 0.05) is 25.2 Å². The molecule has 1 aromatic carbocycles. The topological polar surface area (TPSA) is 64.5 Å². The van der Waals surface area contributed by atoms with E-state index in [4.69, 9.17) is 9.47 Å². The average Bonchev–Trinajstić information content (AvgIpc) is 3.05. The lowest BCUT2D eigenvalue weighted by atomic mass is 10.1. The number of hydrogen-bond donors (Lipinski definition) is 0. The molecule has 120 valence electrons. The van der Waals surface area contributed by atoms with Gasteiger partial charge in [-0.25, -0.2) is 0 Å². The Hall–Kier alpha value is -2.63. The van der Waals surface area contributed by atoms with Crippen molar-refractivity contribution in [1.82, 2.24) is 15.1 Å². The summed E-state index contributed by atoms with van der Waals surface area (Å²) in [4.78, 5) is 14.2. The maximum absolute atomic E-state index is 12.4. The van der Waals surface area contributed by atoms with E-state index in [0.717, 1.165) is 17.7 Å². The van der Waals surface area contributed by atoms with Gasteiger partial charge >= 0.3 is 0 Å². The molecule has 2 aromatic rings. The molecule has 1 saturated heterocycles. The Labute approximate surface area is 135 Å². The fourth-order valence-corrected chi connectivity index (χ4v) is 2.60. The van der Waals surface area contributed by atoms with Crippen LogP contribution in [-0.4, -0.2) is 47.3 Å². The molecule has 3 rings (SSSR count). The summed E-state index contributed by atoms with van der Waals surface area (Å²) in [7, 11) is 1.63. The van der Waals surface area contributed by atoms with Crippen LogP contribution in [0.15, 0.2) is 42.6 Å². The predicted octanol–water partition coefficient (Wildman–Crippen LogP) is 1.71. The van der Waals surface area contributed by atoms with Gasteiger partial charge in [0.25, 0.3) is 0 Å². The summed E-state index contributed by atoms with van der Waals surface area (Å²) < 4.78 is 10.9. The van der Waals surface area contributed by atoms with Crippen molar-refractivity contribution in [1.29, 1.82) is 0 Å². The summed E-state index contributed by atoms with van der Waals surface area (Å²) in [5.41, 5.74) is 0.981. The van der Waals surface area contributed by atoms with Gasteiger partial charge in [0.05, 0.1) is 20.1 Å². The average molecular weight is 313 g/mol. The first-order chi connectivity index (χ1) is 11.2. The van der Waals surface area contributed by atoms with E-state index in [1.807, 2.05) is 29.2 Å². The molecule has 1 atom stereocenters. The molecule has 6 heteroatoms. The Balaban J connectivity index is 1.52. The molecule has 2 heterocycles. The Morgan fingerprint density at radius 1 is 1.30 bits per heavy atom. The molecule has 0 aliphatic carbocycles. The highest BCUT2D eigenvalue weighted by Crippen LogP contribution is 2.18. The second kappa shape index (κ2) is 7.09. The van der Waals surface area contributed by atoms with E-state index in [9.17, 15) is 4.79 Å². The van der Waals surface area contributed by atoms with E-state index in [2.05, 4.69) is 10.2 Å². The molecule has 1 aliphatic rings. The van der Waals surface area contributed by atoms with Crippen LogP contribution in [0.4, 0.5) is 0 Å². The molecule has 1 amide bonds. The van der Waals surface area contributed by atoms with Gasteiger partial charge < -0.3 is 14.4 Å². The molecular weight excluding hydrogens is 294 g/mol. The first-order valence-corrected chi connectivity index (χ1v) is 7.59. The van der Waals surface area contributed by atoms with Crippen molar-refractivity contribution in [3.63, 3.8) is 0 Å². The molecule has 0 saturated carbocycles. The van der Waals surface area contributed by atoms with Gasteiger partial charge in [-0.15, -0.1) is 5.10 Å². The molecule has 1 aliphatic heterocycles. The van der Waals surface area contributed by atoms with Gasteiger partial charge in [0.2, 0.25) is 11.8 Å². The maximum atomic E-state index is 12.4. The molecule has 0 spiro atoms. The van der Waals surface area contributed by atoms with Crippen molar-refractivity contribution in [2.75, 3.05) is 20.2 Å². The minimum Gasteiger partial charge on any atom is -0.497 e. The van der Waals surface area contributed by atoms with Crippen LogP contribution in [0, 0.1) is 0 Å². The van der Waals surface area contributed by atoms with E-state index in [-0.39, 0.29) is 12.0 Å². The number of amides is 1. The van der Waals surface area contributed by atoms with Gasteiger partial charge in [-0.05, 0) is 23.8 Å². The molecular formula is C17H19N3O3. The minimum atomic E-state index is -0.0217. The Morgan fingerprint density at radius 3 is 2.83 bits per heavy atom. The first-order valence-electron chi connectivity index (χ1n) is 7.59. The number of carbonyl (C=O) groups excluding carboxylic acids is 1. The van der Waals surface area contributed by atoms with Crippen molar-refractivity contribution in [2.45, 2.75) is 18.9 Å².